The van der Waals surface area contributed by atoms with Crippen LogP contribution in [0.5, 0.6) is 17.2 Å². The Balaban J connectivity index is 1.65. The van der Waals surface area contributed by atoms with Crippen molar-refractivity contribution >= 4 is 37.6 Å². The predicted octanol–water partition coefficient (Wildman–Crippen LogP) is 8.98. The number of benzene rings is 5. The summed E-state index contributed by atoms with van der Waals surface area (Å²) in [6.45, 7) is 3.81. The Bertz CT molecular complexity index is 1920. The number of hydrogen-bond acceptors (Lipinski definition) is 6. The van der Waals surface area contributed by atoms with Gasteiger partial charge in [0.25, 0.3) is 10.1 Å². The van der Waals surface area contributed by atoms with Crippen LogP contribution in [0.1, 0.15) is 33.4 Å². The lowest BCUT2D eigenvalue weighted by Gasteiger charge is -2.37. The molecule has 0 saturated carbocycles. The number of methoxy groups -OCH3 is 2. The van der Waals surface area contributed by atoms with Gasteiger partial charge in [-0.1, -0.05) is 88.2 Å². The molecule has 0 aliphatic carbocycles. The maximum Gasteiger partial charge on any atom is 0.294 e. The topological polar surface area (TPSA) is 91.3 Å². The van der Waals surface area contributed by atoms with Gasteiger partial charge >= 0.3 is 0 Å². The van der Waals surface area contributed by atoms with Gasteiger partial charge in [0.05, 0.1) is 30.7 Å². The van der Waals surface area contributed by atoms with Crippen LogP contribution in [-0.4, -0.2) is 39.9 Å². The van der Waals surface area contributed by atoms with Crippen molar-refractivity contribution in [3.63, 3.8) is 0 Å². The van der Waals surface area contributed by atoms with Crippen molar-refractivity contribution in [1.29, 1.82) is 0 Å². The van der Waals surface area contributed by atoms with Crippen LogP contribution in [0.25, 0.3) is 0 Å². The summed E-state index contributed by atoms with van der Waals surface area (Å²) in [7, 11) is -1.19. The monoisotopic (exact) mass is 750 g/mol. The maximum atomic E-state index is 12.1. The van der Waals surface area contributed by atoms with E-state index in [1.165, 1.54) is 12.1 Å². The molecule has 10 heteroatoms. The van der Waals surface area contributed by atoms with Gasteiger partial charge in [0, 0.05) is 10.9 Å². The number of aryl methyl sites for hydroxylation is 1. The molecule has 5 aromatic carbocycles. The molecule has 5 aromatic rings. The molecule has 1 atom stereocenters. The van der Waals surface area contributed by atoms with E-state index in [0.29, 0.717) is 27.8 Å². The zero-order chi connectivity index (χ0) is 34.5. The molecule has 0 amide bonds. The van der Waals surface area contributed by atoms with Crippen molar-refractivity contribution in [2.45, 2.75) is 36.9 Å². The van der Waals surface area contributed by atoms with Crippen LogP contribution in [0.2, 0.25) is 5.02 Å². The zero-order valence-corrected chi connectivity index (χ0v) is 30.1. The van der Waals surface area contributed by atoms with Gasteiger partial charge < -0.3 is 18.9 Å². The van der Waals surface area contributed by atoms with Crippen LogP contribution in [0.4, 0.5) is 0 Å². The van der Waals surface area contributed by atoms with E-state index in [4.69, 9.17) is 30.5 Å². The number of halogens is 2. The third-order valence-corrected chi connectivity index (χ3v) is 10.5. The fourth-order valence-corrected chi connectivity index (χ4v) is 6.79. The molecule has 0 aliphatic rings. The van der Waals surface area contributed by atoms with Gasteiger partial charge in [-0.2, -0.15) is 8.42 Å². The zero-order valence-electron chi connectivity index (χ0n) is 26.9. The van der Waals surface area contributed by atoms with E-state index in [1.807, 2.05) is 98.8 Å². The lowest BCUT2D eigenvalue weighted by atomic mass is 9.80. The summed E-state index contributed by atoms with van der Waals surface area (Å²) in [5.74, 6) is 1.85. The van der Waals surface area contributed by atoms with Gasteiger partial charge in [-0.3, -0.25) is 4.55 Å². The van der Waals surface area contributed by atoms with Gasteiger partial charge in [0.15, 0.2) is 0 Å². The van der Waals surface area contributed by atoms with Crippen LogP contribution in [-0.2, 0) is 26.9 Å². The molecule has 5 rings (SSSR count). The Morgan fingerprint density at radius 3 is 1.90 bits per heavy atom. The van der Waals surface area contributed by atoms with Crippen LogP contribution < -0.4 is 14.2 Å². The molecule has 250 valence electrons. The minimum atomic E-state index is -4.43. The Morgan fingerprint density at radius 2 is 1.35 bits per heavy atom. The highest BCUT2D eigenvalue weighted by Gasteiger charge is 2.39. The van der Waals surface area contributed by atoms with E-state index in [2.05, 4.69) is 15.9 Å². The molecule has 0 spiro atoms. The molecule has 0 saturated heterocycles. The number of ether oxygens (including phenoxy) is 4. The van der Waals surface area contributed by atoms with Crippen molar-refractivity contribution in [2.75, 3.05) is 20.8 Å². The summed E-state index contributed by atoms with van der Waals surface area (Å²) in [5, 5.41) is 0.442. The third kappa shape index (κ3) is 7.72. The van der Waals surface area contributed by atoms with Gasteiger partial charge in [0.1, 0.15) is 29.0 Å². The van der Waals surface area contributed by atoms with E-state index in [1.54, 1.807) is 26.4 Å². The predicted molar refractivity (Wildman–Crippen MR) is 191 cm³/mol. The summed E-state index contributed by atoms with van der Waals surface area (Å²) in [5.41, 5.74) is 3.76. The maximum absolute atomic E-state index is 12.1. The molecule has 1 N–H and O–H groups in total. The van der Waals surface area contributed by atoms with E-state index in [0.717, 1.165) is 32.3 Å². The number of rotatable bonds is 13. The molecule has 1 unspecified atom stereocenters. The summed E-state index contributed by atoms with van der Waals surface area (Å²) >= 11 is 10.3. The van der Waals surface area contributed by atoms with Crippen LogP contribution in [0.15, 0.2) is 119 Å². The molecule has 0 heterocycles. The first kappa shape index (κ1) is 35.4. The average Bonchev–Trinajstić information content (AvgIpc) is 3.10. The summed E-state index contributed by atoms with van der Waals surface area (Å²) < 4.78 is 59.5. The largest absolute Gasteiger partial charge is 0.497 e. The summed E-state index contributed by atoms with van der Waals surface area (Å²) in [6, 6.07) is 33.5. The second kappa shape index (κ2) is 15.1. The highest BCUT2D eigenvalue weighted by atomic mass is 79.9. The molecule has 0 aromatic heterocycles. The smallest absolute Gasteiger partial charge is 0.294 e. The third-order valence-electron chi connectivity index (χ3n) is 8.30. The van der Waals surface area contributed by atoms with E-state index in [9.17, 15) is 13.0 Å². The first-order chi connectivity index (χ1) is 23.0. The van der Waals surface area contributed by atoms with Gasteiger partial charge in [-0.25, -0.2) is 0 Å². The highest BCUT2D eigenvalue weighted by Crippen LogP contribution is 2.42. The average molecular weight is 752 g/mol. The fourth-order valence-electron chi connectivity index (χ4n) is 5.61. The minimum Gasteiger partial charge on any atom is -0.497 e. The minimum absolute atomic E-state index is 0.0495. The number of hydrogen-bond donors (Lipinski definition) is 1. The molecule has 48 heavy (non-hydrogen) atoms. The SMILES string of the molecule is COc1ccc(C(OCC(Cc2cc(S(=O)(=O)O)ccc2C)Oc2ccc(Br)c(C)c2Cl)(c2ccccc2)c2ccc(OC)cc2)cc1. The van der Waals surface area contributed by atoms with Crippen LogP contribution in [0, 0.1) is 13.8 Å². The molecule has 0 fully saturated rings. The fraction of sp³-hybridized carbons (Fsp3) is 0.211. The lowest BCUT2D eigenvalue weighted by molar-refractivity contribution is -0.0302. The van der Waals surface area contributed by atoms with Gasteiger partial charge in [0.2, 0.25) is 0 Å². The highest BCUT2D eigenvalue weighted by molar-refractivity contribution is 9.10. The van der Waals surface area contributed by atoms with E-state index < -0.39 is 21.8 Å². The van der Waals surface area contributed by atoms with Crippen molar-refractivity contribution in [3.8, 4) is 17.2 Å². The Kier molecular flexibility index (Phi) is 11.2. The first-order valence-corrected chi connectivity index (χ1v) is 17.7. The standard InChI is InChI=1S/C38H36BrClO7S/c1-25-10-19-34(48(41,42)43)23-27(25)22-33(47-36-21-20-35(39)26(2)37(36)40)24-46-38(28-8-6-5-7-9-28,29-11-15-31(44-3)16-12-29)30-13-17-32(45-4)18-14-30/h5-21,23,33H,22,24H2,1-4H3,(H,41,42,43). The Morgan fingerprint density at radius 1 is 0.792 bits per heavy atom. The normalized spacial score (nSPS) is 12.4. The quantitative estimate of drug-likeness (QED) is 0.0949. The molecule has 0 bridgehead atoms. The molecule has 0 radical (unpaired) electrons. The Hall–Kier alpha value is -3.86. The Labute approximate surface area is 295 Å². The van der Waals surface area contributed by atoms with Gasteiger partial charge in [-0.05, 0) is 95.8 Å². The molecular formula is C38H36BrClO7S. The first-order valence-electron chi connectivity index (χ1n) is 15.1. The summed E-state index contributed by atoms with van der Waals surface area (Å²) in [4.78, 5) is -0.199. The molecule has 0 aliphatic heterocycles. The van der Waals surface area contributed by atoms with E-state index >= 15 is 0 Å². The van der Waals surface area contributed by atoms with Crippen molar-refractivity contribution in [2.24, 2.45) is 0 Å². The van der Waals surface area contributed by atoms with E-state index in [-0.39, 0.29) is 17.9 Å². The second-order valence-electron chi connectivity index (χ2n) is 11.3. The van der Waals surface area contributed by atoms with Crippen molar-refractivity contribution < 1.29 is 31.9 Å². The molecule has 7 nitrogen and oxygen atoms in total. The van der Waals surface area contributed by atoms with Crippen LogP contribution >= 0.6 is 27.5 Å². The van der Waals surface area contributed by atoms with Gasteiger partial charge in [-0.15, -0.1) is 0 Å². The summed E-state index contributed by atoms with van der Waals surface area (Å²) in [6.07, 6.45) is -0.408. The van der Waals surface area contributed by atoms with Crippen molar-refractivity contribution in [3.05, 3.63) is 152 Å². The second-order valence-corrected chi connectivity index (χ2v) is 14.0. The van der Waals surface area contributed by atoms with Crippen molar-refractivity contribution in [1.82, 2.24) is 0 Å². The molecular weight excluding hydrogens is 716 g/mol. The lowest BCUT2D eigenvalue weighted by Crippen LogP contribution is -2.38. The van der Waals surface area contributed by atoms with Crippen LogP contribution in [0.3, 0.4) is 0 Å².